The van der Waals surface area contributed by atoms with Gasteiger partial charge in [0.15, 0.2) is 0 Å². The Labute approximate surface area is 167 Å². The number of nitrogens with zero attached hydrogens (tertiary/aromatic N) is 3. The molecular weight excluding hydrogens is 373 g/mol. The number of rotatable bonds is 5. The van der Waals surface area contributed by atoms with Crippen molar-refractivity contribution >= 4 is 17.5 Å². The highest BCUT2D eigenvalue weighted by atomic mass is 19.1. The topological polar surface area (TPSA) is 81.1 Å². The van der Waals surface area contributed by atoms with Crippen LogP contribution in [-0.4, -0.2) is 27.3 Å². The van der Waals surface area contributed by atoms with E-state index in [-0.39, 0.29) is 11.7 Å². The van der Waals surface area contributed by atoms with Gasteiger partial charge in [0.05, 0.1) is 12.2 Å². The summed E-state index contributed by atoms with van der Waals surface area (Å²) in [5.74, 6) is 0.521. The number of hydrogen-bond donors (Lipinski definition) is 2. The van der Waals surface area contributed by atoms with E-state index in [9.17, 15) is 9.18 Å². The van der Waals surface area contributed by atoms with Gasteiger partial charge in [0.1, 0.15) is 23.9 Å². The molecule has 1 aliphatic rings. The Morgan fingerprint density at radius 3 is 2.76 bits per heavy atom. The number of fused-ring (bicyclic) bond motifs is 1. The normalized spacial score (nSPS) is 15.5. The molecule has 1 amide bonds. The van der Waals surface area contributed by atoms with E-state index in [0.29, 0.717) is 35.3 Å². The number of carbonyl (C=O) groups is 1. The molecular formula is C21H20FN5O2. The van der Waals surface area contributed by atoms with Crippen molar-refractivity contribution in [3.8, 4) is 5.75 Å². The van der Waals surface area contributed by atoms with Crippen molar-refractivity contribution in [1.29, 1.82) is 0 Å². The molecule has 7 nitrogen and oxygen atoms in total. The molecule has 2 aromatic carbocycles. The molecule has 0 spiro atoms. The highest BCUT2D eigenvalue weighted by Gasteiger charge is 2.35. The summed E-state index contributed by atoms with van der Waals surface area (Å²) in [7, 11) is 0. The number of benzene rings is 2. The molecule has 8 heteroatoms. The van der Waals surface area contributed by atoms with E-state index in [4.69, 9.17) is 4.74 Å². The van der Waals surface area contributed by atoms with Crippen molar-refractivity contribution in [2.75, 3.05) is 17.2 Å². The number of allylic oxidation sites excluding steroid dienone is 1. The van der Waals surface area contributed by atoms with E-state index in [1.54, 1.807) is 4.68 Å². The molecule has 29 heavy (non-hydrogen) atoms. The first kappa shape index (κ1) is 18.7. The fraction of sp³-hybridized carbons (Fsp3) is 0.190. The van der Waals surface area contributed by atoms with Crippen LogP contribution in [0.25, 0.3) is 0 Å². The van der Waals surface area contributed by atoms with E-state index in [2.05, 4.69) is 20.7 Å². The second-order valence-corrected chi connectivity index (χ2v) is 6.53. The van der Waals surface area contributed by atoms with Gasteiger partial charge in [0, 0.05) is 16.9 Å². The number of nitrogens with one attached hydrogen (secondary N) is 2. The smallest absolute Gasteiger partial charge is 0.255 e. The number of hydrogen-bond acceptors (Lipinski definition) is 5. The SMILES string of the molecule is CCOc1ccccc1[C@H]1C(C(=O)Nc2ccc(F)cc2)=C(C)Nc2ncnn21. The highest BCUT2D eigenvalue weighted by molar-refractivity contribution is 6.06. The molecule has 0 saturated heterocycles. The quantitative estimate of drug-likeness (QED) is 0.690. The number of para-hydroxylation sites is 1. The monoisotopic (exact) mass is 393 g/mol. The first-order chi connectivity index (χ1) is 14.1. The van der Waals surface area contributed by atoms with Crippen LogP contribution < -0.4 is 15.4 Å². The Morgan fingerprint density at radius 1 is 1.24 bits per heavy atom. The van der Waals surface area contributed by atoms with Gasteiger partial charge in [0.25, 0.3) is 5.91 Å². The number of halogens is 1. The lowest BCUT2D eigenvalue weighted by Crippen LogP contribution is -2.31. The van der Waals surface area contributed by atoms with Gasteiger partial charge in [-0.2, -0.15) is 10.1 Å². The number of anilines is 2. The van der Waals surface area contributed by atoms with Crippen LogP contribution in [0, 0.1) is 5.82 Å². The summed E-state index contributed by atoms with van der Waals surface area (Å²) in [5, 5.41) is 10.3. The predicted molar refractivity (Wildman–Crippen MR) is 107 cm³/mol. The average Bonchev–Trinajstić information content (AvgIpc) is 3.17. The van der Waals surface area contributed by atoms with Gasteiger partial charge in [-0.25, -0.2) is 9.07 Å². The molecule has 0 saturated carbocycles. The largest absolute Gasteiger partial charge is 0.494 e. The van der Waals surface area contributed by atoms with Gasteiger partial charge in [-0.1, -0.05) is 18.2 Å². The summed E-state index contributed by atoms with van der Waals surface area (Å²) in [6, 6.07) is 12.6. The molecule has 0 radical (unpaired) electrons. The van der Waals surface area contributed by atoms with E-state index < -0.39 is 6.04 Å². The Hall–Kier alpha value is -3.68. The van der Waals surface area contributed by atoms with E-state index in [1.165, 1.54) is 30.6 Å². The van der Waals surface area contributed by atoms with Gasteiger partial charge in [0.2, 0.25) is 5.95 Å². The molecule has 148 valence electrons. The molecule has 0 unspecified atom stereocenters. The first-order valence-corrected chi connectivity index (χ1v) is 9.24. The summed E-state index contributed by atoms with van der Waals surface area (Å²) in [5.41, 5.74) is 2.42. The molecule has 0 bridgehead atoms. The number of carbonyl (C=O) groups excluding carboxylic acids is 1. The summed E-state index contributed by atoms with van der Waals surface area (Å²) in [6.07, 6.45) is 1.44. The lowest BCUT2D eigenvalue weighted by atomic mass is 9.94. The third-order valence-electron chi connectivity index (χ3n) is 4.65. The van der Waals surface area contributed by atoms with E-state index in [1.807, 2.05) is 38.1 Å². The van der Waals surface area contributed by atoms with Crippen LogP contribution in [-0.2, 0) is 4.79 Å². The summed E-state index contributed by atoms with van der Waals surface area (Å²) < 4.78 is 20.7. The summed E-state index contributed by atoms with van der Waals surface area (Å²) in [6.45, 7) is 4.21. The fourth-order valence-corrected chi connectivity index (χ4v) is 3.40. The van der Waals surface area contributed by atoms with Gasteiger partial charge in [-0.05, 0) is 44.2 Å². The fourth-order valence-electron chi connectivity index (χ4n) is 3.40. The third-order valence-corrected chi connectivity index (χ3v) is 4.65. The summed E-state index contributed by atoms with van der Waals surface area (Å²) >= 11 is 0. The molecule has 1 atom stereocenters. The van der Waals surface area contributed by atoms with Gasteiger partial charge >= 0.3 is 0 Å². The predicted octanol–water partition coefficient (Wildman–Crippen LogP) is 3.74. The minimum Gasteiger partial charge on any atom is -0.494 e. The lowest BCUT2D eigenvalue weighted by Gasteiger charge is -2.29. The Morgan fingerprint density at radius 2 is 2.00 bits per heavy atom. The van der Waals surface area contributed by atoms with Crippen LogP contribution in [0.4, 0.5) is 16.0 Å². The maximum Gasteiger partial charge on any atom is 0.255 e. The molecule has 2 N–H and O–H groups in total. The molecule has 1 aliphatic heterocycles. The van der Waals surface area contributed by atoms with E-state index >= 15 is 0 Å². The molecule has 0 fully saturated rings. The number of aromatic nitrogens is 3. The van der Waals surface area contributed by atoms with Gasteiger partial charge < -0.3 is 15.4 Å². The molecule has 1 aromatic heterocycles. The molecule has 2 heterocycles. The Balaban J connectivity index is 1.78. The van der Waals surface area contributed by atoms with Crippen molar-refractivity contribution in [2.24, 2.45) is 0 Å². The second-order valence-electron chi connectivity index (χ2n) is 6.53. The maximum absolute atomic E-state index is 13.2. The Bertz CT molecular complexity index is 1070. The van der Waals surface area contributed by atoms with Crippen molar-refractivity contribution in [2.45, 2.75) is 19.9 Å². The van der Waals surface area contributed by atoms with Crippen molar-refractivity contribution in [3.63, 3.8) is 0 Å². The minimum atomic E-state index is -0.531. The van der Waals surface area contributed by atoms with Crippen LogP contribution in [0.2, 0.25) is 0 Å². The Kier molecular flexibility index (Phi) is 4.99. The number of ether oxygens (including phenoxy) is 1. The molecule has 0 aliphatic carbocycles. The van der Waals surface area contributed by atoms with Crippen molar-refractivity contribution in [3.05, 3.63) is 77.5 Å². The second kappa shape index (κ2) is 7.75. The third kappa shape index (κ3) is 3.56. The summed E-state index contributed by atoms with van der Waals surface area (Å²) in [4.78, 5) is 17.5. The first-order valence-electron chi connectivity index (χ1n) is 9.24. The van der Waals surface area contributed by atoms with Gasteiger partial charge in [-0.15, -0.1) is 0 Å². The maximum atomic E-state index is 13.2. The standard InChI is InChI=1S/C21H20FN5O2/c1-3-29-17-7-5-4-6-16(17)19-18(13(2)25-21-23-12-24-27(19)21)20(28)26-15-10-8-14(22)9-11-15/h4-12,19H,3H2,1-2H3,(H,26,28)(H,23,24,25)/t19-/m0/s1. The van der Waals surface area contributed by atoms with Gasteiger partial charge in [-0.3, -0.25) is 4.79 Å². The zero-order valence-electron chi connectivity index (χ0n) is 16.0. The van der Waals surface area contributed by atoms with Crippen molar-refractivity contribution < 1.29 is 13.9 Å². The minimum absolute atomic E-state index is 0.320. The molecule has 4 rings (SSSR count). The van der Waals surface area contributed by atoms with Crippen LogP contribution in [0.5, 0.6) is 5.75 Å². The number of amides is 1. The highest BCUT2D eigenvalue weighted by Crippen LogP contribution is 2.39. The van der Waals surface area contributed by atoms with E-state index in [0.717, 1.165) is 5.56 Å². The van der Waals surface area contributed by atoms with Crippen LogP contribution >= 0.6 is 0 Å². The molecule has 3 aromatic rings. The van der Waals surface area contributed by atoms with Crippen LogP contribution in [0.15, 0.2) is 66.1 Å². The lowest BCUT2D eigenvalue weighted by molar-refractivity contribution is -0.113. The van der Waals surface area contributed by atoms with Crippen LogP contribution in [0.1, 0.15) is 25.5 Å². The van der Waals surface area contributed by atoms with Crippen molar-refractivity contribution in [1.82, 2.24) is 14.8 Å². The van der Waals surface area contributed by atoms with Crippen LogP contribution in [0.3, 0.4) is 0 Å². The zero-order chi connectivity index (χ0) is 20.4. The average molecular weight is 393 g/mol. The zero-order valence-corrected chi connectivity index (χ0v) is 16.0.